The Morgan fingerprint density at radius 1 is 1.16 bits per heavy atom. The van der Waals surface area contributed by atoms with E-state index < -0.39 is 0 Å². The van der Waals surface area contributed by atoms with Crippen LogP contribution in [0.25, 0.3) is 0 Å². The maximum Gasteiger partial charge on any atom is 0.131 e. The maximum absolute atomic E-state index is 5.89. The average Bonchev–Trinajstić information content (AvgIpc) is 2.26. The van der Waals surface area contributed by atoms with Crippen molar-refractivity contribution in [2.75, 3.05) is 0 Å². The molecule has 3 heteroatoms. The van der Waals surface area contributed by atoms with E-state index in [1.54, 1.807) is 0 Å². The summed E-state index contributed by atoms with van der Waals surface area (Å²) in [5.41, 5.74) is 8.08. The van der Waals surface area contributed by atoms with Gasteiger partial charge in [-0.3, -0.25) is 0 Å². The number of hydrogen-bond acceptors (Lipinski definition) is 3. The zero-order chi connectivity index (χ0) is 13.7. The van der Waals surface area contributed by atoms with Gasteiger partial charge in [0.25, 0.3) is 0 Å². The van der Waals surface area contributed by atoms with Crippen molar-refractivity contribution >= 4 is 0 Å². The zero-order valence-corrected chi connectivity index (χ0v) is 12.4. The highest BCUT2D eigenvalue weighted by Gasteiger charge is 2.17. The molecular formula is C16H27N3. The van der Waals surface area contributed by atoms with Crippen LogP contribution < -0.4 is 5.73 Å². The van der Waals surface area contributed by atoms with Crippen molar-refractivity contribution in [3.05, 3.63) is 23.3 Å². The second-order valence-corrected chi connectivity index (χ2v) is 6.08. The first-order valence-corrected chi connectivity index (χ1v) is 7.75. The summed E-state index contributed by atoms with van der Waals surface area (Å²) in [6.07, 6.45) is 10.1. The van der Waals surface area contributed by atoms with Crippen LogP contribution >= 0.6 is 0 Å². The van der Waals surface area contributed by atoms with Gasteiger partial charge in [0.1, 0.15) is 5.82 Å². The van der Waals surface area contributed by atoms with Crippen molar-refractivity contribution in [3.63, 3.8) is 0 Å². The molecule has 1 aliphatic carbocycles. The number of nitrogens with two attached hydrogens (primary N) is 1. The molecule has 0 aromatic carbocycles. The lowest BCUT2D eigenvalue weighted by atomic mass is 9.90. The molecule has 1 aromatic heterocycles. The fraction of sp³-hybridized carbons (Fsp3) is 0.750. The Morgan fingerprint density at radius 2 is 1.79 bits per heavy atom. The third-order valence-corrected chi connectivity index (χ3v) is 3.93. The van der Waals surface area contributed by atoms with Gasteiger partial charge in [-0.25, -0.2) is 9.97 Å². The highest BCUT2D eigenvalue weighted by atomic mass is 14.9. The lowest BCUT2D eigenvalue weighted by Crippen LogP contribution is -2.20. The van der Waals surface area contributed by atoms with Gasteiger partial charge in [0.15, 0.2) is 0 Å². The standard InChI is InChI=1S/C16H27N3/c1-12(17)10-15-11-13(2)18-16(19-15)14-8-6-4-3-5-7-9-14/h11-12,14H,3-10,17H2,1-2H3. The van der Waals surface area contributed by atoms with Gasteiger partial charge in [0.2, 0.25) is 0 Å². The van der Waals surface area contributed by atoms with Crippen molar-refractivity contribution in [1.29, 1.82) is 0 Å². The van der Waals surface area contributed by atoms with E-state index in [2.05, 4.69) is 18.0 Å². The number of nitrogens with zero attached hydrogens (tertiary/aromatic N) is 2. The molecule has 0 bridgehead atoms. The number of rotatable bonds is 3. The minimum atomic E-state index is 0.166. The molecule has 2 rings (SSSR count). The molecule has 3 nitrogen and oxygen atoms in total. The summed E-state index contributed by atoms with van der Waals surface area (Å²) in [6, 6.07) is 2.25. The first kappa shape index (κ1) is 14.4. The normalized spacial score (nSPS) is 19.7. The molecular weight excluding hydrogens is 234 g/mol. The van der Waals surface area contributed by atoms with Crippen LogP contribution in [0.15, 0.2) is 6.07 Å². The van der Waals surface area contributed by atoms with E-state index >= 15 is 0 Å². The highest BCUT2D eigenvalue weighted by molar-refractivity contribution is 5.13. The predicted octanol–water partition coefficient (Wildman–Crippen LogP) is 3.50. The summed E-state index contributed by atoms with van der Waals surface area (Å²) in [5, 5.41) is 0. The minimum Gasteiger partial charge on any atom is -0.328 e. The number of hydrogen-bond donors (Lipinski definition) is 1. The molecule has 1 fully saturated rings. The van der Waals surface area contributed by atoms with Gasteiger partial charge in [-0.15, -0.1) is 0 Å². The van der Waals surface area contributed by atoms with E-state index in [1.807, 2.05) is 6.92 Å². The van der Waals surface area contributed by atoms with Gasteiger partial charge in [-0.2, -0.15) is 0 Å². The second-order valence-electron chi connectivity index (χ2n) is 6.08. The van der Waals surface area contributed by atoms with E-state index in [9.17, 15) is 0 Å². The van der Waals surface area contributed by atoms with Crippen molar-refractivity contribution in [1.82, 2.24) is 9.97 Å². The van der Waals surface area contributed by atoms with Gasteiger partial charge >= 0.3 is 0 Å². The van der Waals surface area contributed by atoms with Crippen LogP contribution in [0.5, 0.6) is 0 Å². The lowest BCUT2D eigenvalue weighted by Gasteiger charge is -2.19. The van der Waals surface area contributed by atoms with E-state index in [0.29, 0.717) is 5.92 Å². The van der Waals surface area contributed by atoms with Crippen molar-refractivity contribution in [3.8, 4) is 0 Å². The summed E-state index contributed by atoms with van der Waals surface area (Å²) < 4.78 is 0. The Bertz CT molecular complexity index is 393. The molecule has 0 aliphatic heterocycles. The Morgan fingerprint density at radius 3 is 2.42 bits per heavy atom. The van der Waals surface area contributed by atoms with Gasteiger partial charge in [-0.1, -0.05) is 32.1 Å². The Kier molecular flexibility index (Phi) is 5.32. The summed E-state index contributed by atoms with van der Waals surface area (Å²) in [7, 11) is 0. The highest BCUT2D eigenvalue weighted by Crippen LogP contribution is 2.29. The Labute approximate surface area is 117 Å². The molecule has 2 N–H and O–H groups in total. The minimum absolute atomic E-state index is 0.166. The van der Waals surface area contributed by atoms with Crippen LogP contribution in [0.3, 0.4) is 0 Å². The fourth-order valence-corrected chi connectivity index (χ4v) is 2.99. The quantitative estimate of drug-likeness (QED) is 0.906. The van der Waals surface area contributed by atoms with Crippen LogP contribution in [0.4, 0.5) is 0 Å². The predicted molar refractivity (Wildman–Crippen MR) is 79.2 cm³/mol. The molecule has 1 aliphatic rings. The van der Waals surface area contributed by atoms with Crippen molar-refractivity contribution in [2.45, 2.75) is 77.2 Å². The summed E-state index contributed by atoms with van der Waals surface area (Å²) in [4.78, 5) is 9.46. The molecule has 1 saturated carbocycles. The molecule has 1 heterocycles. The van der Waals surface area contributed by atoms with Crippen LogP contribution in [-0.4, -0.2) is 16.0 Å². The van der Waals surface area contributed by atoms with E-state index in [4.69, 9.17) is 10.7 Å². The first-order chi connectivity index (χ1) is 9.15. The topological polar surface area (TPSA) is 51.8 Å². The third-order valence-electron chi connectivity index (χ3n) is 3.93. The SMILES string of the molecule is Cc1cc(CC(C)N)nc(C2CCCCCCC2)n1. The van der Waals surface area contributed by atoms with Crippen molar-refractivity contribution < 1.29 is 0 Å². The molecule has 0 amide bonds. The summed E-state index contributed by atoms with van der Waals surface area (Å²) >= 11 is 0. The molecule has 106 valence electrons. The molecule has 19 heavy (non-hydrogen) atoms. The second kappa shape index (κ2) is 6.99. The van der Waals surface area contributed by atoms with Gasteiger partial charge in [0.05, 0.1) is 0 Å². The smallest absolute Gasteiger partial charge is 0.131 e. The summed E-state index contributed by atoms with van der Waals surface area (Å²) in [6.45, 7) is 4.10. The van der Waals surface area contributed by atoms with Gasteiger partial charge in [0, 0.05) is 29.8 Å². The van der Waals surface area contributed by atoms with E-state index in [-0.39, 0.29) is 6.04 Å². The van der Waals surface area contributed by atoms with Gasteiger partial charge in [-0.05, 0) is 32.8 Å². The first-order valence-electron chi connectivity index (χ1n) is 7.75. The molecule has 0 spiro atoms. The molecule has 0 saturated heterocycles. The van der Waals surface area contributed by atoms with Crippen LogP contribution in [0.2, 0.25) is 0 Å². The largest absolute Gasteiger partial charge is 0.328 e. The van der Waals surface area contributed by atoms with Crippen LogP contribution in [0, 0.1) is 6.92 Å². The average molecular weight is 261 g/mol. The number of aryl methyl sites for hydroxylation is 1. The lowest BCUT2D eigenvalue weighted by molar-refractivity contribution is 0.440. The number of aromatic nitrogens is 2. The Balaban J connectivity index is 2.14. The molecule has 1 unspecified atom stereocenters. The fourth-order valence-electron chi connectivity index (χ4n) is 2.99. The van der Waals surface area contributed by atoms with Crippen LogP contribution in [-0.2, 0) is 6.42 Å². The molecule has 0 radical (unpaired) electrons. The monoisotopic (exact) mass is 261 g/mol. The Hall–Kier alpha value is -0.960. The van der Waals surface area contributed by atoms with Gasteiger partial charge < -0.3 is 5.73 Å². The third kappa shape index (κ3) is 4.57. The summed E-state index contributed by atoms with van der Waals surface area (Å²) in [5.74, 6) is 1.63. The van der Waals surface area contributed by atoms with E-state index in [0.717, 1.165) is 23.6 Å². The van der Waals surface area contributed by atoms with Crippen molar-refractivity contribution in [2.24, 2.45) is 5.73 Å². The van der Waals surface area contributed by atoms with E-state index in [1.165, 1.54) is 44.9 Å². The molecule has 1 atom stereocenters. The van der Waals surface area contributed by atoms with Crippen LogP contribution in [0.1, 0.15) is 75.0 Å². The molecule has 1 aromatic rings. The maximum atomic E-state index is 5.89. The zero-order valence-electron chi connectivity index (χ0n) is 12.4.